The molecule has 2 aliphatic rings. The average Bonchev–Trinajstić information content (AvgIpc) is 3.45. The first-order valence-electron chi connectivity index (χ1n) is 10.5. The zero-order valence-electron chi connectivity index (χ0n) is 16.9. The van der Waals surface area contributed by atoms with Crippen molar-refractivity contribution in [1.29, 1.82) is 0 Å². The largest absolute Gasteiger partial charge is 0.507 e. The van der Waals surface area contributed by atoms with Gasteiger partial charge in [0.1, 0.15) is 11.8 Å². The van der Waals surface area contributed by atoms with E-state index in [4.69, 9.17) is 0 Å². The van der Waals surface area contributed by atoms with Crippen molar-refractivity contribution in [2.45, 2.75) is 51.1 Å². The average molecular weight is 421 g/mol. The highest BCUT2D eigenvalue weighted by atomic mass is 32.1. The molecule has 1 aromatic carbocycles. The molecule has 6 heteroatoms. The van der Waals surface area contributed by atoms with Crippen LogP contribution in [0.5, 0.6) is 0 Å². The molecule has 154 valence electrons. The Kier molecular flexibility index (Phi) is 4.74. The molecule has 2 aromatic heterocycles. The number of likely N-dealkylation sites (tertiary alicyclic amines) is 1. The number of nitrogens with zero attached hydrogens (tertiary/aromatic N) is 1. The molecule has 0 radical (unpaired) electrons. The summed E-state index contributed by atoms with van der Waals surface area (Å²) in [7, 11) is 0. The summed E-state index contributed by atoms with van der Waals surface area (Å²) in [6, 6.07) is 9.16. The molecule has 1 amide bonds. The van der Waals surface area contributed by atoms with Gasteiger partial charge in [-0.2, -0.15) is 0 Å². The van der Waals surface area contributed by atoms with E-state index in [0.717, 1.165) is 47.0 Å². The van der Waals surface area contributed by atoms with Crippen LogP contribution in [0.1, 0.15) is 54.1 Å². The molecule has 0 spiro atoms. The molecule has 30 heavy (non-hydrogen) atoms. The van der Waals surface area contributed by atoms with E-state index in [1.807, 2.05) is 42.6 Å². The molecule has 1 aliphatic heterocycles. The smallest absolute Gasteiger partial charge is 0.295 e. The standard InChI is InChI=1S/C24H24N2O3S/c1-14-11-12-30-23(14)20-19(21(27)17-13-25-18-10-6-5-9-16(17)18)22(28)24(29)26(20)15-7-3-2-4-8-15/h5-6,9-13,15,20,25,27H,2-4,7-8H2,1H3/b21-19+. The first kappa shape index (κ1) is 19.1. The second-order valence-electron chi connectivity index (χ2n) is 8.21. The summed E-state index contributed by atoms with van der Waals surface area (Å²) in [5, 5.41) is 14.2. The molecule has 3 heterocycles. The summed E-state index contributed by atoms with van der Waals surface area (Å²) in [5.41, 5.74) is 2.69. The predicted octanol–water partition coefficient (Wildman–Crippen LogP) is 5.29. The number of nitrogens with one attached hydrogen (secondary N) is 1. The molecule has 5 rings (SSSR count). The number of fused-ring (bicyclic) bond motifs is 1. The minimum Gasteiger partial charge on any atom is -0.507 e. The predicted molar refractivity (Wildman–Crippen MR) is 118 cm³/mol. The van der Waals surface area contributed by atoms with E-state index < -0.39 is 17.7 Å². The molecule has 2 N–H and O–H groups in total. The number of aryl methyl sites for hydroxylation is 1. The molecule has 3 aromatic rings. The van der Waals surface area contributed by atoms with E-state index in [0.29, 0.717) is 5.56 Å². The number of thiophene rings is 1. The van der Waals surface area contributed by atoms with Gasteiger partial charge >= 0.3 is 0 Å². The number of ketones is 1. The third-order valence-corrected chi connectivity index (χ3v) is 7.51. The Morgan fingerprint density at radius 2 is 1.90 bits per heavy atom. The van der Waals surface area contributed by atoms with Crippen LogP contribution in [0.3, 0.4) is 0 Å². The molecule has 5 nitrogen and oxygen atoms in total. The molecule has 1 unspecified atom stereocenters. The summed E-state index contributed by atoms with van der Waals surface area (Å²) in [6.45, 7) is 2.00. The van der Waals surface area contributed by atoms with Gasteiger partial charge in [-0.3, -0.25) is 9.59 Å². The van der Waals surface area contributed by atoms with Crippen molar-refractivity contribution in [2.75, 3.05) is 0 Å². The van der Waals surface area contributed by atoms with Crippen molar-refractivity contribution in [2.24, 2.45) is 0 Å². The van der Waals surface area contributed by atoms with Crippen LogP contribution in [0.15, 0.2) is 47.5 Å². The van der Waals surface area contributed by atoms with Gasteiger partial charge in [-0.05, 0) is 42.8 Å². The normalized spacial score (nSPS) is 22.3. The summed E-state index contributed by atoms with van der Waals surface area (Å²) >= 11 is 1.54. The van der Waals surface area contributed by atoms with Gasteiger partial charge in [0.2, 0.25) is 0 Å². The minimum atomic E-state index is -0.582. The highest BCUT2D eigenvalue weighted by Crippen LogP contribution is 2.46. The Labute approximate surface area is 179 Å². The summed E-state index contributed by atoms with van der Waals surface area (Å²) in [5.74, 6) is -1.16. The molecule has 1 saturated heterocycles. The van der Waals surface area contributed by atoms with Crippen LogP contribution in [-0.4, -0.2) is 32.7 Å². The minimum absolute atomic E-state index is 0.0370. The molecule has 1 aliphatic carbocycles. The second kappa shape index (κ2) is 7.43. The van der Waals surface area contributed by atoms with Crippen molar-refractivity contribution in [3.8, 4) is 0 Å². The van der Waals surface area contributed by atoms with Crippen LogP contribution in [0.2, 0.25) is 0 Å². The van der Waals surface area contributed by atoms with E-state index in [1.54, 1.807) is 22.4 Å². The maximum atomic E-state index is 13.2. The number of carbonyl (C=O) groups excluding carboxylic acids is 2. The number of H-pyrrole nitrogens is 1. The quantitative estimate of drug-likeness (QED) is 0.343. The van der Waals surface area contributed by atoms with Crippen LogP contribution in [0.25, 0.3) is 16.7 Å². The van der Waals surface area contributed by atoms with Gasteiger partial charge in [0.25, 0.3) is 11.7 Å². The zero-order chi connectivity index (χ0) is 20.8. The molecule has 1 saturated carbocycles. The lowest BCUT2D eigenvalue weighted by molar-refractivity contribution is -0.141. The maximum absolute atomic E-state index is 13.2. The number of aromatic amines is 1. The number of aliphatic hydroxyl groups excluding tert-OH is 1. The Hall–Kier alpha value is -2.86. The Morgan fingerprint density at radius 3 is 2.63 bits per heavy atom. The van der Waals surface area contributed by atoms with E-state index in [9.17, 15) is 14.7 Å². The molecule has 0 bridgehead atoms. The summed E-state index contributed by atoms with van der Waals surface area (Å²) in [6.07, 6.45) is 6.81. The van der Waals surface area contributed by atoms with E-state index in [1.165, 1.54) is 6.42 Å². The van der Waals surface area contributed by atoms with Gasteiger partial charge in [0, 0.05) is 33.6 Å². The van der Waals surface area contributed by atoms with Gasteiger partial charge in [0.15, 0.2) is 0 Å². The van der Waals surface area contributed by atoms with Gasteiger partial charge in [-0.25, -0.2) is 0 Å². The highest BCUT2D eigenvalue weighted by Gasteiger charge is 2.49. The molecule has 1 atom stereocenters. The number of para-hydroxylation sites is 1. The van der Waals surface area contributed by atoms with E-state index in [2.05, 4.69) is 4.98 Å². The fourth-order valence-corrected chi connectivity index (χ4v) is 5.95. The monoisotopic (exact) mass is 420 g/mol. The van der Waals surface area contributed by atoms with Crippen molar-refractivity contribution in [1.82, 2.24) is 9.88 Å². The first-order chi connectivity index (χ1) is 14.6. The third kappa shape index (κ3) is 2.89. The number of hydrogen-bond donors (Lipinski definition) is 2. The number of benzene rings is 1. The number of Topliss-reactive ketones (excluding diaryl/α,β-unsaturated/α-hetero) is 1. The van der Waals surface area contributed by atoms with Crippen molar-refractivity contribution < 1.29 is 14.7 Å². The Morgan fingerprint density at radius 1 is 1.13 bits per heavy atom. The van der Waals surface area contributed by atoms with Gasteiger partial charge in [-0.1, -0.05) is 37.5 Å². The topological polar surface area (TPSA) is 73.4 Å². The number of amides is 1. The van der Waals surface area contributed by atoms with Crippen molar-refractivity contribution >= 4 is 39.7 Å². The number of carbonyl (C=O) groups is 2. The van der Waals surface area contributed by atoms with Crippen molar-refractivity contribution in [3.05, 3.63) is 63.5 Å². The zero-order valence-corrected chi connectivity index (χ0v) is 17.7. The molecular formula is C24H24N2O3S. The fourth-order valence-electron chi connectivity index (χ4n) is 4.92. The number of aromatic nitrogens is 1. The van der Waals surface area contributed by atoms with Crippen LogP contribution in [-0.2, 0) is 9.59 Å². The Balaban J connectivity index is 1.71. The SMILES string of the molecule is Cc1ccsc1C1/C(=C(\O)c2c[nH]c3ccccc23)C(=O)C(=O)N1C1CCCCC1. The van der Waals surface area contributed by atoms with Gasteiger partial charge < -0.3 is 15.0 Å². The number of hydrogen-bond acceptors (Lipinski definition) is 4. The Bertz CT molecular complexity index is 1170. The number of aliphatic hydroxyl groups is 1. The first-order valence-corrected chi connectivity index (χ1v) is 11.4. The van der Waals surface area contributed by atoms with Crippen LogP contribution < -0.4 is 0 Å². The lowest BCUT2D eigenvalue weighted by Crippen LogP contribution is -2.40. The second-order valence-corrected chi connectivity index (χ2v) is 9.16. The third-order valence-electron chi connectivity index (χ3n) is 6.44. The molecular weight excluding hydrogens is 396 g/mol. The molecule has 2 fully saturated rings. The fraction of sp³-hybridized carbons (Fsp3) is 0.333. The van der Waals surface area contributed by atoms with Gasteiger partial charge in [-0.15, -0.1) is 11.3 Å². The summed E-state index contributed by atoms with van der Waals surface area (Å²) < 4.78 is 0. The summed E-state index contributed by atoms with van der Waals surface area (Å²) in [4.78, 5) is 32.3. The van der Waals surface area contributed by atoms with Gasteiger partial charge in [0.05, 0.1) is 5.57 Å². The lowest BCUT2D eigenvalue weighted by atomic mass is 9.92. The van der Waals surface area contributed by atoms with E-state index >= 15 is 0 Å². The van der Waals surface area contributed by atoms with Crippen LogP contribution in [0.4, 0.5) is 0 Å². The highest BCUT2D eigenvalue weighted by molar-refractivity contribution is 7.10. The lowest BCUT2D eigenvalue weighted by Gasteiger charge is -2.35. The van der Waals surface area contributed by atoms with Crippen LogP contribution in [0, 0.1) is 6.92 Å². The van der Waals surface area contributed by atoms with Crippen molar-refractivity contribution in [3.63, 3.8) is 0 Å². The van der Waals surface area contributed by atoms with E-state index in [-0.39, 0.29) is 17.4 Å². The number of rotatable bonds is 3. The maximum Gasteiger partial charge on any atom is 0.295 e. The van der Waals surface area contributed by atoms with Crippen LogP contribution >= 0.6 is 11.3 Å².